The lowest BCUT2D eigenvalue weighted by atomic mass is 10.0. The molecule has 0 radical (unpaired) electrons. The van der Waals surface area contributed by atoms with Crippen LogP contribution in [-0.2, 0) is 4.79 Å². The fourth-order valence-electron chi connectivity index (χ4n) is 1.44. The summed E-state index contributed by atoms with van der Waals surface area (Å²) in [4.78, 5) is 14.6. The predicted octanol–water partition coefficient (Wildman–Crippen LogP) is 0.531. The second kappa shape index (κ2) is 2.58. The van der Waals surface area contributed by atoms with Gasteiger partial charge in [-0.05, 0) is 5.56 Å². The first-order valence-electron chi connectivity index (χ1n) is 3.85. The van der Waals surface area contributed by atoms with Gasteiger partial charge in [-0.2, -0.15) is 0 Å². The van der Waals surface area contributed by atoms with E-state index in [1.54, 1.807) is 18.2 Å². The summed E-state index contributed by atoms with van der Waals surface area (Å²) >= 11 is 0. The van der Waals surface area contributed by atoms with E-state index in [-0.39, 0.29) is 0 Å². The monoisotopic (exact) mass is 176 g/mol. The van der Waals surface area contributed by atoms with Crippen LogP contribution in [0.5, 0.6) is 0 Å². The average molecular weight is 176 g/mol. The van der Waals surface area contributed by atoms with Crippen molar-refractivity contribution in [1.29, 1.82) is 0 Å². The summed E-state index contributed by atoms with van der Waals surface area (Å²) in [5.41, 5.74) is 6.97. The van der Waals surface area contributed by atoms with Crippen LogP contribution >= 0.6 is 0 Å². The molecule has 0 saturated carbocycles. The van der Waals surface area contributed by atoms with Crippen molar-refractivity contribution in [3.63, 3.8) is 0 Å². The molecular weight excluding hydrogens is 168 g/mol. The number of fused-ring (bicyclic) bond motifs is 1. The molecule has 13 heavy (non-hydrogen) atoms. The Hall–Kier alpha value is -1.84. The minimum atomic E-state index is -0.965. The third-order valence-electron chi connectivity index (χ3n) is 2.03. The van der Waals surface area contributed by atoms with Crippen LogP contribution in [0.4, 0.5) is 0 Å². The van der Waals surface area contributed by atoms with E-state index >= 15 is 0 Å². The first-order chi connectivity index (χ1) is 6.20. The van der Waals surface area contributed by atoms with Gasteiger partial charge in [0.15, 0.2) is 6.04 Å². The lowest BCUT2D eigenvalue weighted by Crippen LogP contribution is -2.09. The molecule has 0 amide bonds. The molecule has 0 spiro atoms. The molecule has 3 N–H and O–H groups in total. The summed E-state index contributed by atoms with van der Waals surface area (Å²) < 4.78 is 0. The van der Waals surface area contributed by atoms with Crippen LogP contribution in [0.3, 0.4) is 0 Å². The second-order valence-electron chi connectivity index (χ2n) is 2.84. The molecule has 0 aromatic heterocycles. The first-order valence-corrected chi connectivity index (χ1v) is 3.85. The zero-order chi connectivity index (χ0) is 9.42. The van der Waals surface area contributed by atoms with Gasteiger partial charge >= 0.3 is 5.97 Å². The fourth-order valence-corrected chi connectivity index (χ4v) is 1.44. The highest BCUT2D eigenvalue weighted by Gasteiger charge is 2.28. The van der Waals surface area contributed by atoms with E-state index in [2.05, 4.69) is 4.99 Å². The molecule has 4 heteroatoms. The number of hydrogen-bond acceptors (Lipinski definition) is 3. The third kappa shape index (κ3) is 1.07. The van der Waals surface area contributed by atoms with Crippen LogP contribution in [0.15, 0.2) is 29.3 Å². The first kappa shape index (κ1) is 7.79. The maximum absolute atomic E-state index is 10.7. The van der Waals surface area contributed by atoms with Gasteiger partial charge < -0.3 is 10.8 Å². The summed E-state index contributed by atoms with van der Waals surface area (Å²) in [6.45, 7) is 0. The number of aliphatic carboxylic acids is 1. The van der Waals surface area contributed by atoms with Crippen LogP contribution in [0.25, 0.3) is 0 Å². The number of aliphatic imine (C=N–C) groups is 1. The summed E-state index contributed by atoms with van der Waals surface area (Å²) in [6, 6.07) is 6.28. The predicted molar refractivity (Wildman–Crippen MR) is 47.5 cm³/mol. The van der Waals surface area contributed by atoms with Gasteiger partial charge in [0.2, 0.25) is 0 Å². The zero-order valence-corrected chi connectivity index (χ0v) is 6.77. The van der Waals surface area contributed by atoms with Crippen molar-refractivity contribution >= 4 is 11.8 Å². The molecule has 66 valence electrons. The number of amidine groups is 1. The Balaban J connectivity index is 2.56. The molecule has 0 fully saturated rings. The van der Waals surface area contributed by atoms with E-state index in [0.717, 1.165) is 5.56 Å². The molecule has 1 heterocycles. The molecule has 0 saturated heterocycles. The average Bonchev–Trinajstić information content (AvgIpc) is 2.45. The maximum Gasteiger partial charge on any atom is 0.333 e. The van der Waals surface area contributed by atoms with Crippen molar-refractivity contribution in [2.75, 3.05) is 0 Å². The molecule has 4 nitrogen and oxygen atoms in total. The Morgan fingerprint density at radius 3 is 2.85 bits per heavy atom. The highest BCUT2D eigenvalue weighted by atomic mass is 16.4. The van der Waals surface area contributed by atoms with Gasteiger partial charge in [-0.3, -0.25) is 0 Å². The topological polar surface area (TPSA) is 75.7 Å². The number of carbonyl (C=O) groups is 1. The van der Waals surface area contributed by atoms with E-state index in [1.807, 2.05) is 6.07 Å². The van der Waals surface area contributed by atoms with Crippen molar-refractivity contribution in [3.05, 3.63) is 35.4 Å². The number of rotatable bonds is 1. The molecule has 1 unspecified atom stereocenters. The smallest absolute Gasteiger partial charge is 0.333 e. The van der Waals surface area contributed by atoms with E-state index in [9.17, 15) is 4.79 Å². The Morgan fingerprint density at radius 2 is 2.15 bits per heavy atom. The molecule has 1 aliphatic rings. The number of nitrogens with two attached hydrogens (primary N) is 1. The van der Waals surface area contributed by atoms with Gasteiger partial charge in [0.05, 0.1) is 0 Å². The Kier molecular flexibility index (Phi) is 1.55. The van der Waals surface area contributed by atoms with Crippen molar-refractivity contribution in [1.82, 2.24) is 0 Å². The number of hydrogen-bond donors (Lipinski definition) is 2. The normalized spacial score (nSPS) is 19.4. The van der Waals surface area contributed by atoms with E-state index in [0.29, 0.717) is 11.4 Å². The largest absolute Gasteiger partial charge is 0.479 e. The molecule has 0 bridgehead atoms. The van der Waals surface area contributed by atoms with Gasteiger partial charge in [0, 0.05) is 5.56 Å². The molecule has 1 atom stereocenters. The van der Waals surface area contributed by atoms with E-state index in [1.165, 1.54) is 0 Å². The molecule has 0 aliphatic carbocycles. The summed E-state index contributed by atoms with van der Waals surface area (Å²) in [7, 11) is 0. The minimum absolute atomic E-state index is 0.308. The summed E-state index contributed by atoms with van der Waals surface area (Å²) in [5, 5.41) is 8.82. The SMILES string of the molecule is NC1=NC(C(=O)O)c2ccccc21. The lowest BCUT2D eigenvalue weighted by molar-refractivity contribution is -0.138. The standard InChI is InChI=1S/C9H8N2O2/c10-8-6-4-2-1-3-5(6)7(11-8)9(12)13/h1-4,7H,(H2,10,11)(H,12,13). The van der Waals surface area contributed by atoms with Crippen molar-refractivity contribution in [3.8, 4) is 0 Å². The third-order valence-corrected chi connectivity index (χ3v) is 2.03. The Bertz CT molecular complexity index is 398. The zero-order valence-electron chi connectivity index (χ0n) is 6.77. The molecular formula is C9H8N2O2. The number of nitrogens with zero attached hydrogens (tertiary/aromatic N) is 1. The molecule has 1 aliphatic heterocycles. The summed E-state index contributed by atoms with van der Waals surface area (Å²) in [5.74, 6) is -0.657. The molecule has 1 aromatic rings. The quantitative estimate of drug-likeness (QED) is 0.655. The van der Waals surface area contributed by atoms with Crippen molar-refractivity contribution < 1.29 is 9.90 Å². The Morgan fingerprint density at radius 1 is 1.46 bits per heavy atom. The molecule has 1 aromatic carbocycles. The van der Waals surface area contributed by atoms with Gasteiger partial charge in [-0.1, -0.05) is 24.3 Å². The van der Waals surface area contributed by atoms with Crippen LogP contribution in [0.2, 0.25) is 0 Å². The Labute approximate surface area is 74.7 Å². The van der Waals surface area contributed by atoms with Gasteiger partial charge in [-0.15, -0.1) is 0 Å². The van der Waals surface area contributed by atoms with Crippen molar-refractivity contribution in [2.45, 2.75) is 6.04 Å². The van der Waals surface area contributed by atoms with Crippen LogP contribution < -0.4 is 5.73 Å². The number of carboxylic acids is 1. The van der Waals surface area contributed by atoms with E-state index < -0.39 is 12.0 Å². The van der Waals surface area contributed by atoms with Crippen LogP contribution in [-0.4, -0.2) is 16.9 Å². The second-order valence-corrected chi connectivity index (χ2v) is 2.84. The highest BCUT2D eigenvalue weighted by Crippen LogP contribution is 2.27. The van der Waals surface area contributed by atoms with Gasteiger partial charge in [0.25, 0.3) is 0 Å². The summed E-state index contributed by atoms with van der Waals surface area (Å²) in [6.07, 6.45) is 0. The van der Waals surface area contributed by atoms with Gasteiger partial charge in [-0.25, -0.2) is 9.79 Å². The number of carboxylic acid groups (broad SMARTS) is 1. The molecule has 2 rings (SSSR count). The minimum Gasteiger partial charge on any atom is -0.479 e. The fraction of sp³-hybridized carbons (Fsp3) is 0.111. The number of benzene rings is 1. The van der Waals surface area contributed by atoms with Crippen molar-refractivity contribution in [2.24, 2.45) is 10.7 Å². The lowest BCUT2D eigenvalue weighted by Gasteiger charge is -2.02. The van der Waals surface area contributed by atoms with Crippen LogP contribution in [0, 0.1) is 0 Å². The van der Waals surface area contributed by atoms with Gasteiger partial charge in [0.1, 0.15) is 5.84 Å². The van der Waals surface area contributed by atoms with Crippen LogP contribution in [0.1, 0.15) is 17.2 Å². The van der Waals surface area contributed by atoms with E-state index in [4.69, 9.17) is 10.8 Å². The maximum atomic E-state index is 10.7. The highest BCUT2D eigenvalue weighted by molar-refractivity contribution is 6.04.